The fourth-order valence-corrected chi connectivity index (χ4v) is 3.11. The Hall–Kier alpha value is -3.54. The van der Waals surface area contributed by atoms with Gasteiger partial charge >= 0.3 is 0 Å². The Balaban J connectivity index is 1.50. The van der Waals surface area contributed by atoms with E-state index in [4.69, 9.17) is 9.47 Å². The van der Waals surface area contributed by atoms with Crippen LogP contribution in [-0.4, -0.2) is 24.2 Å². The van der Waals surface area contributed by atoms with E-state index in [-0.39, 0.29) is 12.7 Å². The third-order valence-electron chi connectivity index (χ3n) is 4.52. The normalized spacial score (nSPS) is 11.9. The Morgan fingerprint density at radius 1 is 1.07 bits per heavy atom. The van der Waals surface area contributed by atoms with Gasteiger partial charge in [0.05, 0.1) is 11.9 Å². The summed E-state index contributed by atoms with van der Waals surface area (Å²) in [5, 5.41) is 3.26. The van der Waals surface area contributed by atoms with Crippen molar-refractivity contribution in [3.63, 3.8) is 0 Å². The van der Waals surface area contributed by atoms with Gasteiger partial charge in [-0.15, -0.1) is 0 Å². The van der Waals surface area contributed by atoms with Crippen LogP contribution in [0, 0.1) is 6.92 Å². The van der Waals surface area contributed by atoms with Crippen LogP contribution in [0.5, 0.6) is 11.5 Å². The number of amides is 1. The number of hydrogen-bond donors (Lipinski definition) is 1. The molecule has 1 aliphatic rings. The maximum atomic E-state index is 12.9. The molecule has 0 atom stereocenters. The lowest BCUT2D eigenvalue weighted by atomic mass is 10.2. The molecule has 0 radical (unpaired) electrons. The Kier molecular flexibility index (Phi) is 4.85. The quantitative estimate of drug-likeness (QED) is 0.710. The lowest BCUT2D eigenvalue weighted by Gasteiger charge is -2.21. The van der Waals surface area contributed by atoms with Crippen molar-refractivity contribution in [2.24, 2.45) is 0 Å². The molecule has 2 heterocycles. The average molecular weight is 375 g/mol. The molecule has 0 spiro atoms. The molecule has 28 heavy (non-hydrogen) atoms. The molecule has 1 N–H and O–H groups in total. The van der Waals surface area contributed by atoms with Gasteiger partial charge in [0.15, 0.2) is 11.5 Å². The number of aryl methyl sites for hydroxylation is 1. The van der Waals surface area contributed by atoms with E-state index < -0.39 is 0 Å². The fourth-order valence-electron chi connectivity index (χ4n) is 3.11. The molecular formula is C22H21N3O3. The van der Waals surface area contributed by atoms with Crippen LogP contribution in [0.15, 0.2) is 60.8 Å². The van der Waals surface area contributed by atoms with Gasteiger partial charge in [-0.05, 0) is 55.8 Å². The van der Waals surface area contributed by atoms with Crippen molar-refractivity contribution in [1.82, 2.24) is 4.98 Å². The van der Waals surface area contributed by atoms with Crippen LogP contribution in [0.3, 0.4) is 0 Å². The third kappa shape index (κ3) is 3.62. The Bertz CT molecular complexity index is 1000. The lowest BCUT2D eigenvalue weighted by Crippen LogP contribution is -2.31. The smallest absolute Gasteiger partial charge is 0.276 e. The van der Waals surface area contributed by atoms with E-state index in [1.807, 2.05) is 62.4 Å². The highest BCUT2D eigenvalue weighted by atomic mass is 16.7. The molecule has 0 fully saturated rings. The van der Waals surface area contributed by atoms with Crippen LogP contribution in [0.25, 0.3) is 0 Å². The average Bonchev–Trinajstić information content (AvgIpc) is 3.17. The van der Waals surface area contributed by atoms with Crippen molar-refractivity contribution >= 4 is 23.0 Å². The number of fused-ring (bicyclic) bond motifs is 1. The maximum Gasteiger partial charge on any atom is 0.276 e. The number of ether oxygens (including phenoxy) is 2. The SMILES string of the molecule is CCN(C(=O)c1ccc(Nc2ccc3c(c2)OCO3)cn1)c1cccc(C)c1. The summed E-state index contributed by atoms with van der Waals surface area (Å²) in [4.78, 5) is 19.0. The number of carbonyl (C=O) groups excluding carboxylic acids is 1. The Labute approximate surface area is 163 Å². The standard InChI is InChI=1S/C22H21N3O3/c1-3-25(18-6-4-5-15(2)11-18)22(26)19-9-7-17(13-23-19)24-16-8-10-20-21(12-16)28-14-27-20/h4-13,24H,3,14H2,1-2H3. The van der Waals surface area contributed by atoms with Gasteiger partial charge in [-0.2, -0.15) is 0 Å². The molecule has 2 aromatic carbocycles. The Morgan fingerprint density at radius 3 is 2.64 bits per heavy atom. The number of pyridine rings is 1. The summed E-state index contributed by atoms with van der Waals surface area (Å²) in [6.45, 7) is 4.78. The van der Waals surface area contributed by atoms with Gasteiger partial charge < -0.3 is 19.7 Å². The molecule has 0 unspecified atom stereocenters. The summed E-state index contributed by atoms with van der Waals surface area (Å²) < 4.78 is 10.7. The first-order valence-corrected chi connectivity index (χ1v) is 9.15. The minimum atomic E-state index is -0.122. The molecule has 1 aromatic heterocycles. The zero-order valence-corrected chi connectivity index (χ0v) is 15.8. The zero-order valence-electron chi connectivity index (χ0n) is 15.8. The van der Waals surface area contributed by atoms with Gasteiger partial charge in [0.2, 0.25) is 6.79 Å². The van der Waals surface area contributed by atoms with Gasteiger partial charge in [-0.25, -0.2) is 4.98 Å². The van der Waals surface area contributed by atoms with Crippen LogP contribution in [-0.2, 0) is 0 Å². The maximum absolute atomic E-state index is 12.9. The molecule has 0 saturated carbocycles. The summed E-state index contributed by atoms with van der Waals surface area (Å²) >= 11 is 0. The zero-order chi connectivity index (χ0) is 19.5. The minimum absolute atomic E-state index is 0.122. The topological polar surface area (TPSA) is 63.7 Å². The lowest BCUT2D eigenvalue weighted by molar-refractivity contribution is 0.0983. The monoisotopic (exact) mass is 375 g/mol. The van der Waals surface area contributed by atoms with Gasteiger partial charge in [-0.3, -0.25) is 4.79 Å². The minimum Gasteiger partial charge on any atom is -0.454 e. The first-order valence-electron chi connectivity index (χ1n) is 9.15. The molecule has 0 aliphatic carbocycles. The van der Waals surface area contributed by atoms with E-state index in [9.17, 15) is 4.79 Å². The van der Waals surface area contributed by atoms with Gasteiger partial charge in [0.25, 0.3) is 5.91 Å². The van der Waals surface area contributed by atoms with Crippen LogP contribution in [0.2, 0.25) is 0 Å². The van der Waals surface area contributed by atoms with Crippen LogP contribution in [0.1, 0.15) is 23.0 Å². The molecule has 6 nitrogen and oxygen atoms in total. The number of hydrogen-bond acceptors (Lipinski definition) is 5. The fraction of sp³-hybridized carbons (Fsp3) is 0.182. The third-order valence-corrected chi connectivity index (χ3v) is 4.52. The van der Waals surface area contributed by atoms with E-state index >= 15 is 0 Å². The highest BCUT2D eigenvalue weighted by Gasteiger charge is 2.18. The number of carbonyl (C=O) groups is 1. The number of nitrogens with zero attached hydrogens (tertiary/aromatic N) is 2. The van der Waals surface area contributed by atoms with Gasteiger partial charge in [0.1, 0.15) is 5.69 Å². The number of benzene rings is 2. The summed E-state index contributed by atoms with van der Waals surface area (Å²) in [6, 6.07) is 17.1. The highest BCUT2D eigenvalue weighted by Crippen LogP contribution is 2.35. The first-order chi connectivity index (χ1) is 13.6. The van der Waals surface area contributed by atoms with Crippen LogP contribution in [0.4, 0.5) is 17.1 Å². The predicted molar refractivity (Wildman–Crippen MR) is 109 cm³/mol. The molecule has 4 rings (SSSR count). The molecule has 6 heteroatoms. The molecule has 142 valence electrons. The molecule has 1 aliphatic heterocycles. The van der Waals surface area contributed by atoms with Gasteiger partial charge in [0, 0.05) is 24.0 Å². The number of aromatic nitrogens is 1. The summed E-state index contributed by atoms with van der Waals surface area (Å²) in [6.07, 6.45) is 1.65. The molecule has 1 amide bonds. The van der Waals surface area contributed by atoms with Crippen molar-refractivity contribution in [3.8, 4) is 11.5 Å². The van der Waals surface area contributed by atoms with Crippen molar-refractivity contribution in [3.05, 3.63) is 72.1 Å². The second kappa shape index (κ2) is 7.60. The summed E-state index contributed by atoms with van der Waals surface area (Å²) in [5.74, 6) is 1.32. The largest absolute Gasteiger partial charge is 0.454 e. The second-order valence-electron chi connectivity index (χ2n) is 6.51. The van der Waals surface area contributed by atoms with E-state index in [0.29, 0.717) is 18.0 Å². The Morgan fingerprint density at radius 2 is 1.89 bits per heavy atom. The predicted octanol–water partition coefficient (Wildman–Crippen LogP) is 4.53. The number of nitrogens with one attached hydrogen (secondary N) is 1. The van der Waals surface area contributed by atoms with E-state index in [2.05, 4.69) is 10.3 Å². The number of anilines is 3. The van der Waals surface area contributed by atoms with E-state index in [1.54, 1.807) is 17.2 Å². The molecule has 0 saturated heterocycles. The van der Waals surface area contributed by atoms with Crippen molar-refractivity contribution in [1.29, 1.82) is 0 Å². The highest BCUT2D eigenvalue weighted by molar-refractivity contribution is 6.04. The molecular weight excluding hydrogens is 354 g/mol. The molecule has 0 bridgehead atoms. The van der Waals surface area contributed by atoms with Crippen LogP contribution >= 0.6 is 0 Å². The first kappa shape index (κ1) is 17.9. The van der Waals surface area contributed by atoms with Gasteiger partial charge in [-0.1, -0.05) is 12.1 Å². The van der Waals surface area contributed by atoms with Crippen molar-refractivity contribution in [2.45, 2.75) is 13.8 Å². The summed E-state index contributed by atoms with van der Waals surface area (Å²) in [5.41, 5.74) is 4.03. The van der Waals surface area contributed by atoms with Crippen molar-refractivity contribution < 1.29 is 14.3 Å². The van der Waals surface area contributed by atoms with E-state index in [1.165, 1.54) is 0 Å². The number of rotatable bonds is 5. The van der Waals surface area contributed by atoms with E-state index in [0.717, 1.165) is 28.4 Å². The second-order valence-corrected chi connectivity index (χ2v) is 6.51. The summed E-state index contributed by atoms with van der Waals surface area (Å²) in [7, 11) is 0. The van der Waals surface area contributed by atoms with Crippen LogP contribution < -0.4 is 19.7 Å². The van der Waals surface area contributed by atoms with Crippen molar-refractivity contribution in [2.75, 3.05) is 23.6 Å². The molecule has 3 aromatic rings.